The molecule has 1 aliphatic carbocycles. The van der Waals surface area contributed by atoms with Crippen LogP contribution in [0.4, 0.5) is 5.95 Å². The molecule has 2 aromatic rings. The van der Waals surface area contributed by atoms with Gasteiger partial charge in [-0.2, -0.15) is 0 Å². The maximum Gasteiger partial charge on any atom is 0.243 e. The number of hydrogen-bond acceptors (Lipinski definition) is 6. The summed E-state index contributed by atoms with van der Waals surface area (Å²) in [5.74, 6) is 0.626. The summed E-state index contributed by atoms with van der Waals surface area (Å²) in [5, 5.41) is 11.9. The van der Waals surface area contributed by atoms with Crippen LogP contribution in [0.15, 0.2) is 12.1 Å². The summed E-state index contributed by atoms with van der Waals surface area (Å²) in [6, 6.07) is 4.34. The number of aromatic nitrogens is 3. The van der Waals surface area contributed by atoms with Crippen molar-refractivity contribution in [1.82, 2.24) is 20.1 Å². The van der Waals surface area contributed by atoms with Gasteiger partial charge in [-0.15, -0.1) is 10.2 Å². The van der Waals surface area contributed by atoms with Gasteiger partial charge in [0.25, 0.3) is 0 Å². The van der Waals surface area contributed by atoms with Gasteiger partial charge in [-0.25, -0.2) is 4.98 Å². The number of benzene rings is 1. The Bertz CT molecular complexity index is 720. The van der Waals surface area contributed by atoms with Gasteiger partial charge in [-0.3, -0.25) is 4.90 Å². The molecule has 1 aliphatic heterocycles. The SMILES string of the molecule is COC1CCCN(CCNc2nnc3cc4c(cc3n2)CCC4)C1. The van der Waals surface area contributed by atoms with Crippen molar-refractivity contribution in [2.75, 3.05) is 38.6 Å². The van der Waals surface area contributed by atoms with Crippen LogP contribution in [0.25, 0.3) is 11.0 Å². The van der Waals surface area contributed by atoms with E-state index < -0.39 is 0 Å². The fourth-order valence-corrected chi connectivity index (χ4v) is 3.81. The van der Waals surface area contributed by atoms with Gasteiger partial charge in [-0.05, 0) is 61.9 Å². The van der Waals surface area contributed by atoms with Crippen molar-refractivity contribution in [3.63, 3.8) is 0 Å². The Balaban J connectivity index is 1.37. The minimum absolute atomic E-state index is 0.374. The predicted octanol–water partition coefficient (Wildman–Crippen LogP) is 2.04. The average Bonchev–Trinajstić information content (AvgIpc) is 3.07. The van der Waals surface area contributed by atoms with E-state index in [0.29, 0.717) is 12.1 Å². The number of nitrogens with one attached hydrogen (secondary N) is 1. The Labute approximate surface area is 142 Å². The van der Waals surface area contributed by atoms with Gasteiger partial charge < -0.3 is 10.1 Å². The fourth-order valence-electron chi connectivity index (χ4n) is 3.81. The Morgan fingerprint density at radius 1 is 1.17 bits per heavy atom. The van der Waals surface area contributed by atoms with Crippen molar-refractivity contribution in [2.45, 2.75) is 38.2 Å². The Hall–Kier alpha value is -1.79. The second-order valence-corrected chi connectivity index (χ2v) is 6.83. The van der Waals surface area contributed by atoms with E-state index in [0.717, 1.165) is 50.1 Å². The number of hydrogen-bond donors (Lipinski definition) is 1. The first-order valence-electron chi connectivity index (χ1n) is 8.97. The van der Waals surface area contributed by atoms with Crippen LogP contribution in [0.5, 0.6) is 0 Å². The van der Waals surface area contributed by atoms with Crippen LogP contribution in [0, 0.1) is 0 Å². The third kappa shape index (κ3) is 3.35. The molecular formula is C18H25N5O. The zero-order valence-corrected chi connectivity index (χ0v) is 14.3. The molecule has 6 nitrogen and oxygen atoms in total. The molecule has 6 heteroatoms. The second kappa shape index (κ2) is 6.99. The minimum Gasteiger partial charge on any atom is -0.380 e. The number of ether oxygens (including phenoxy) is 1. The first-order valence-corrected chi connectivity index (χ1v) is 8.97. The van der Waals surface area contributed by atoms with Gasteiger partial charge in [0, 0.05) is 26.7 Å². The van der Waals surface area contributed by atoms with Crippen LogP contribution in [0.2, 0.25) is 0 Å². The van der Waals surface area contributed by atoms with Crippen molar-refractivity contribution >= 4 is 17.0 Å². The van der Waals surface area contributed by atoms with Gasteiger partial charge in [-0.1, -0.05) is 0 Å². The summed E-state index contributed by atoms with van der Waals surface area (Å²) >= 11 is 0. The highest BCUT2D eigenvalue weighted by molar-refractivity contribution is 5.77. The number of rotatable bonds is 5. The molecule has 0 spiro atoms. The number of aryl methyl sites for hydroxylation is 2. The molecule has 1 N–H and O–H groups in total. The molecule has 1 unspecified atom stereocenters. The molecule has 1 aromatic heterocycles. The molecule has 24 heavy (non-hydrogen) atoms. The summed E-state index contributed by atoms with van der Waals surface area (Å²) in [7, 11) is 1.80. The van der Waals surface area contributed by atoms with Crippen LogP contribution in [0.3, 0.4) is 0 Å². The molecule has 128 valence electrons. The molecule has 0 radical (unpaired) electrons. The molecule has 1 atom stereocenters. The van der Waals surface area contributed by atoms with Crippen LogP contribution >= 0.6 is 0 Å². The molecule has 4 rings (SSSR count). The van der Waals surface area contributed by atoms with Crippen LogP contribution in [-0.2, 0) is 17.6 Å². The number of piperidine rings is 1. The molecule has 0 amide bonds. The lowest BCUT2D eigenvalue weighted by Crippen LogP contribution is -2.41. The summed E-state index contributed by atoms with van der Waals surface area (Å²) < 4.78 is 5.47. The Kier molecular flexibility index (Phi) is 4.58. The van der Waals surface area contributed by atoms with E-state index in [9.17, 15) is 0 Å². The van der Waals surface area contributed by atoms with E-state index in [2.05, 4.69) is 37.5 Å². The zero-order chi connectivity index (χ0) is 16.4. The molecule has 0 saturated carbocycles. The maximum atomic E-state index is 5.47. The quantitative estimate of drug-likeness (QED) is 0.907. The van der Waals surface area contributed by atoms with Crippen molar-refractivity contribution in [3.8, 4) is 0 Å². The Morgan fingerprint density at radius 3 is 2.83 bits per heavy atom. The van der Waals surface area contributed by atoms with Gasteiger partial charge in [0.05, 0.1) is 11.6 Å². The molecule has 2 aliphatic rings. The lowest BCUT2D eigenvalue weighted by Gasteiger charge is -2.31. The van der Waals surface area contributed by atoms with Gasteiger partial charge in [0.15, 0.2) is 0 Å². The average molecular weight is 327 g/mol. The lowest BCUT2D eigenvalue weighted by molar-refractivity contribution is 0.0329. The number of methoxy groups -OCH3 is 1. The summed E-state index contributed by atoms with van der Waals surface area (Å²) in [5.41, 5.74) is 4.69. The number of likely N-dealkylation sites (tertiary alicyclic amines) is 1. The van der Waals surface area contributed by atoms with Crippen molar-refractivity contribution in [3.05, 3.63) is 23.3 Å². The first kappa shape index (κ1) is 15.7. The van der Waals surface area contributed by atoms with E-state index in [1.54, 1.807) is 7.11 Å². The van der Waals surface area contributed by atoms with Crippen molar-refractivity contribution in [2.24, 2.45) is 0 Å². The maximum absolute atomic E-state index is 5.47. The number of nitrogens with zero attached hydrogens (tertiary/aromatic N) is 4. The molecule has 0 bridgehead atoms. The van der Waals surface area contributed by atoms with Crippen LogP contribution in [0.1, 0.15) is 30.4 Å². The monoisotopic (exact) mass is 327 g/mol. The van der Waals surface area contributed by atoms with E-state index in [-0.39, 0.29) is 0 Å². The zero-order valence-electron chi connectivity index (χ0n) is 14.3. The highest BCUT2D eigenvalue weighted by Crippen LogP contribution is 2.25. The van der Waals surface area contributed by atoms with E-state index in [1.165, 1.54) is 30.4 Å². The third-order valence-electron chi connectivity index (χ3n) is 5.17. The summed E-state index contributed by atoms with van der Waals surface area (Å²) in [6.45, 7) is 3.96. The lowest BCUT2D eigenvalue weighted by atomic mass is 10.1. The number of anilines is 1. The summed E-state index contributed by atoms with van der Waals surface area (Å²) in [4.78, 5) is 7.08. The van der Waals surface area contributed by atoms with E-state index in [1.807, 2.05) is 0 Å². The van der Waals surface area contributed by atoms with Crippen molar-refractivity contribution in [1.29, 1.82) is 0 Å². The van der Waals surface area contributed by atoms with E-state index >= 15 is 0 Å². The predicted molar refractivity (Wildman–Crippen MR) is 94.3 cm³/mol. The molecule has 1 saturated heterocycles. The molecular weight excluding hydrogens is 302 g/mol. The fraction of sp³-hybridized carbons (Fsp3) is 0.611. The van der Waals surface area contributed by atoms with Crippen LogP contribution < -0.4 is 5.32 Å². The van der Waals surface area contributed by atoms with E-state index in [4.69, 9.17) is 4.74 Å². The standard InChI is InChI=1S/C18H25N5O/c1-24-15-6-3-8-23(12-15)9-7-19-18-20-16-10-13-4-2-5-14(13)11-17(16)21-22-18/h10-11,15H,2-9,12H2,1H3,(H,19,20,22). The van der Waals surface area contributed by atoms with Gasteiger partial charge in [0.2, 0.25) is 5.95 Å². The smallest absolute Gasteiger partial charge is 0.243 e. The normalized spacial score (nSPS) is 21.1. The van der Waals surface area contributed by atoms with Crippen LogP contribution in [-0.4, -0.2) is 59.5 Å². The highest BCUT2D eigenvalue weighted by atomic mass is 16.5. The largest absolute Gasteiger partial charge is 0.380 e. The summed E-state index contributed by atoms with van der Waals surface area (Å²) in [6.07, 6.45) is 6.31. The molecule has 1 aromatic carbocycles. The molecule has 1 fully saturated rings. The second-order valence-electron chi connectivity index (χ2n) is 6.83. The minimum atomic E-state index is 0.374. The topological polar surface area (TPSA) is 63.2 Å². The van der Waals surface area contributed by atoms with Gasteiger partial charge >= 0.3 is 0 Å². The highest BCUT2D eigenvalue weighted by Gasteiger charge is 2.19. The van der Waals surface area contributed by atoms with Crippen molar-refractivity contribution < 1.29 is 4.74 Å². The first-order chi connectivity index (χ1) is 11.8. The molecule has 2 heterocycles. The number of fused-ring (bicyclic) bond motifs is 2. The van der Waals surface area contributed by atoms with Gasteiger partial charge in [0.1, 0.15) is 5.52 Å². The third-order valence-corrected chi connectivity index (χ3v) is 5.17. The Morgan fingerprint density at radius 2 is 2.00 bits per heavy atom.